The molecule has 0 aliphatic rings. The average molecular weight is 746 g/mol. The van der Waals surface area contributed by atoms with Crippen molar-refractivity contribution in [3.63, 3.8) is 0 Å². The highest BCUT2D eigenvalue weighted by Crippen LogP contribution is 2.51. The van der Waals surface area contributed by atoms with E-state index >= 15 is 0 Å². The van der Waals surface area contributed by atoms with Crippen LogP contribution in [0.3, 0.4) is 0 Å². The van der Waals surface area contributed by atoms with E-state index in [4.69, 9.17) is 28.7 Å². The zero-order valence-corrected chi connectivity index (χ0v) is 31.4. The number of hydrogen-bond donors (Lipinski definition) is 1. The van der Waals surface area contributed by atoms with Gasteiger partial charge >= 0.3 is 0 Å². The molecule has 2 aromatic carbocycles. The number of hydrogen-bond acceptors (Lipinski definition) is 10. The van der Waals surface area contributed by atoms with Crippen molar-refractivity contribution in [2.24, 2.45) is 0 Å². The Bertz CT molecular complexity index is 1900. The van der Waals surface area contributed by atoms with E-state index in [2.05, 4.69) is 25.9 Å². The molecule has 0 radical (unpaired) electrons. The summed E-state index contributed by atoms with van der Waals surface area (Å²) in [5, 5.41) is 14.4. The summed E-state index contributed by atoms with van der Waals surface area (Å²) in [5.74, 6) is 1.43. The van der Waals surface area contributed by atoms with Gasteiger partial charge < -0.3 is 33.7 Å². The number of aromatic nitrogens is 3. The predicted octanol–water partition coefficient (Wildman–Crippen LogP) is 7.64. The zero-order valence-electron chi connectivity index (χ0n) is 29.9. The van der Waals surface area contributed by atoms with Crippen molar-refractivity contribution < 1.29 is 28.8 Å². The first-order valence-electron chi connectivity index (χ1n) is 16.5. The Morgan fingerprint density at radius 2 is 1.54 bits per heavy atom. The highest BCUT2D eigenvalue weighted by molar-refractivity contribution is 9.10. The Balaban J connectivity index is 1.90. The molecule has 2 atom stereocenters. The largest absolute Gasteiger partial charge is 0.496 e. The summed E-state index contributed by atoms with van der Waals surface area (Å²) in [6.45, 7) is 6.69. The number of rotatable bonds is 15. The molecule has 3 heterocycles. The zero-order chi connectivity index (χ0) is 36.0. The fourth-order valence-electron chi connectivity index (χ4n) is 6.23. The lowest BCUT2D eigenvalue weighted by atomic mass is 9.71. The van der Waals surface area contributed by atoms with Crippen molar-refractivity contribution in [2.75, 3.05) is 48.6 Å². The number of pyridine rings is 3. The highest BCUT2D eigenvalue weighted by atomic mass is 79.9. The number of methoxy groups -OCH3 is 3. The second-order valence-electron chi connectivity index (χ2n) is 12.5. The van der Waals surface area contributed by atoms with Crippen LogP contribution in [0.15, 0.2) is 77.5 Å². The van der Waals surface area contributed by atoms with E-state index in [9.17, 15) is 5.11 Å². The van der Waals surface area contributed by atoms with Crippen LogP contribution in [0.5, 0.6) is 29.1 Å². The third kappa shape index (κ3) is 7.96. The van der Waals surface area contributed by atoms with Gasteiger partial charge in [0.25, 0.3) is 0 Å². The molecule has 0 saturated carbocycles. The minimum absolute atomic E-state index is 0.157. The summed E-state index contributed by atoms with van der Waals surface area (Å²) in [5.41, 5.74) is 2.74. The first-order valence-corrected chi connectivity index (χ1v) is 17.3. The molecule has 0 bridgehead atoms. The van der Waals surface area contributed by atoms with Crippen molar-refractivity contribution in [2.45, 2.75) is 44.8 Å². The standard InChI is InChI=1S/C39H45BrN4O6/c1-9-49-34-22-28(23-35(43-34)50-24(2)3)39(45,14-17-44(4)5)37(30-19-26-18-29(40)10-11-31(26)42-38(30)48-8)27-20-32(46-6)36(33(21-27)47-7)25-12-15-41-16-13-25/h10-13,15-16,18-24,37,45H,9,14,17H2,1-8H3/t37-,39-/m1/s1. The minimum Gasteiger partial charge on any atom is -0.496 e. The van der Waals surface area contributed by atoms with Crippen LogP contribution in [0.1, 0.15) is 49.8 Å². The highest BCUT2D eigenvalue weighted by Gasteiger charge is 2.44. The molecule has 0 saturated heterocycles. The summed E-state index contributed by atoms with van der Waals surface area (Å²) in [6.07, 6.45) is 3.60. The van der Waals surface area contributed by atoms with Crippen LogP contribution >= 0.6 is 15.9 Å². The van der Waals surface area contributed by atoms with Crippen LogP contribution in [-0.2, 0) is 5.60 Å². The van der Waals surface area contributed by atoms with Gasteiger partial charge in [-0.1, -0.05) is 15.9 Å². The number of fused-ring (bicyclic) bond motifs is 1. The average Bonchev–Trinajstić information content (AvgIpc) is 3.10. The molecule has 50 heavy (non-hydrogen) atoms. The smallest absolute Gasteiger partial charge is 0.217 e. The summed E-state index contributed by atoms with van der Waals surface area (Å²) in [7, 11) is 8.80. The molecule has 11 heteroatoms. The van der Waals surface area contributed by atoms with Crippen molar-refractivity contribution >= 4 is 26.8 Å². The van der Waals surface area contributed by atoms with Crippen LogP contribution in [0.4, 0.5) is 0 Å². The maximum atomic E-state index is 13.6. The van der Waals surface area contributed by atoms with E-state index in [1.54, 1.807) is 45.9 Å². The number of aliphatic hydroxyl groups is 1. The van der Waals surface area contributed by atoms with Crippen molar-refractivity contribution in [3.8, 4) is 40.3 Å². The van der Waals surface area contributed by atoms with Gasteiger partial charge in [0.15, 0.2) is 0 Å². The van der Waals surface area contributed by atoms with Gasteiger partial charge in [-0.3, -0.25) is 4.98 Å². The Morgan fingerprint density at radius 3 is 2.14 bits per heavy atom. The predicted molar refractivity (Wildman–Crippen MR) is 199 cm³/mol. The molecule has 3 aromatic heterocycles. The van der Waals surface area contributed by atoms with Gasteiger partial charge in [0.2, 0.25) is 17.6 Å². The molecule has 0 aliphatic carbocycles. The van der Waals surface area contributed by atoms with E-state index in [-0.39, 0.29) is 6.10 Å². The molecule has 0 spiro atoms. The van der Waals surface area contributed by atoms with Crippen molar-refractivity contribution in [3.05, 3.63) is 94.2 Å². The van der Waals surface area contributed by atoms with E-state index in [0.29, 0.717) is 65.4 Å². The number of nitrogens with zero attached hydrogens (tertiary/aromatic N) is 4. The summed E-state index contributed by atoms with van der Waals surface area (Å²) in [6, 6.07) is 19.2. The van der Waals surface area contributed by atoms with Crippen molar-refractivity contribution in [1.29, 1.82) is 0 Å². The second kappa shape index (κ2) is 16.1. The van der Waals surface area contributed by atoms with Crippen LogP contribution < -0.4 is 23.7 Å². The molecule has 0 unspecified atom stereocenters. The van der Waals surface area contributed by atoms with Crippen LogP contribution in [0, 0.1) is 0 Å². The maximum Gasteiger partial charge on any atom is 0.217 e. The van der Waals surface area contributed by atoms with Gasteiger partial charge in [0.1, 0.15) is 17.1 Å². The van der Waals surface area contributed by atoms with Gasteiger partial charge in [0.05, 0.1) is 45.1 Å². The maximum absolute atomic E-state index is 13.6. The van der Waals surface area contributed by atoms with Crippen LogP contribution in [0.25, 0.3) is 22.0 Å². The van der Waals surface area contributed by atoms with Gasteiger partial charge in [-0.15, -0.1) is 0 Å². The Morgan fingerprint density at radius 1 is 0.860 bits per heavy atom. The quantitative estimate of drug-likeness (QED) is 0.115. The molecule has 264 valence electrons. The first-order chi connectivity index (χ1) is 24.0. The monoisotopic (exact) mass is 744 g/mol. The molecular formula is C39H45BrN4O6. The first kappa shape index (κ1) is 36.8. The third-order valence-electron chi connectivity index (χ3n) is 8.45. The van der Waals surface area contributed by atoms with E-state index in [1.807, 2.05) is 88.3 Å². The Hall–Kier alpha value is -4.45. The van der Waals surface area contributed by atoms with E-state index in [1.165, 1.54) is 0 Å². The van der Waals surface area contributed by atoms with Gasteiger partial charge in [0, 0.05) is 52.4 Å². The third-order valence-corrected chi connectivity index (χ3v) is 8.94. The molecule has 0 amide bonds. The lowest BCUT2D eigenvalue weighted by Crippen LogP contribution is -2.38. The van der Waals surface area contributed by atoms with Crippen LogP contribution in [0.2, 0.25) is 0 Å². The molecule has 5 aromatic rings. The summed E-state index contributed by atoms with van der Waals surface area (Å²) < 4.78 is 31.1. The Labute approximate surface area is 302 Å². The second-order valence-corrected chi connectivity index (χ2v) is 13.4. The Kier molecular flexibility index (Phi) is 11.8. The topological polar surface area (TPSA) is 108 Å². The fraction of sp³-hybridized carbons (Fsp3) is 0.359. The summed E-state index contributed by atoms with van der Waals surface area (Å²) >= 11 is 3.62. The SMILES string of the molecule is CCOc1cc([C@](O)(CCN(C)C)[C@H](c2cc(OC)c(-c3ccncc3)c(OC)c2)c2cc3cc(Br)ccc3nc2OC)cc(OC(C)C)n1. The summed E-state index contributed by atoms with van der Waals surface area (Å²) in [4.78, 5) is 15.8. The molecule has 1 N–H and O–H groups in total. The van der Waals surface area contributed by atoms with Gasteiger partial charge in [-0.2, -0.15) is 4.98 Å². The number of ether oxygens (including phenoxy) is 5. The van der Waals surface area contributed by atoms with Crippen molar-refractivity contribution in [1.82, 2.24) is 19.9 Å². The lowest BCUT2D eigenvalue weighted by Gasteiger charge is -2.39. The normalized spacial score (nSPS) is 13.3. The molecule has 0 aliphatic heterocycles. The van der Waals surface area contributed by atoms with Crippen LogP contribution in [-0.4, -0.2) is 79.6 Å². The number of halogens is 1. The minimum atomic E-state index is -1.60. The molecular weight excluding hydrogens is 700 g/mol. The van der Waals surface area contributed by atoms with Gasteiger partial charge in [-0.25, -0.2) is 4.98 Å². The lowest BCUT2D eigenvalue weighted by molar-refractivity contribution is 0.00305. The van der Waals surface area contributed by atoms with Gasteiger partial charge in [-0.05, 0) is 107 Å². The number of benzene rings is 2. The van der Waals surface area contributed by atoms with E-state index in [0.717, 1.165) is 26.5 Å². The van der Waals surface area contributed by atoms with E-state index < -0.39 is 11.5 Å². The fourth-order valence-corrected chi connectivity index (χ4v) is 6.61. The molecule has 10 nitrogen and oxygen atoms in total. The molecule has 0 fully saturated rings. The molecule has 5 rings (SSSR count).